The largest absolute Gasteiger partial charge is 0.493 e. The molecule has 0 spiro atoms. The molecule has 1 atom stereocenters. The maximum Gasteiger partial charge on any atom is 0.337 e. The molecule has 1 unspecified atom stereocenters. The second-order valence-corrected chi connectivity index (χ2v) is 6.42. The van der Waals surface area contributed by atoms with Crippen molar-refractivity contribution >= 4 is 11.9 Å². The van der Waals surface area contributed by atoms with E-state index in [1.807, 2.05) is 0 Å². The maximum absolute atomic E-state index is 12.5. The van der Waals surface area contributed by atoms with Gasteiger partial charge in [0, 0.05) is 17.9 Å². The molecule has 2 heterocycles. The number of carbonyl (C=O) groups excluding carboxylic acids is 2. The molecule has 0 saturated heterocycles. The normalized spacial score (nSPS) is 21.4. The number of rotatable bonds is 4. The van der Waals surface area contributed by atoms with Crippen LogP contribution in [0.4, 0.5) is 0 Å². The zero-order chi connectivity index (χ0) is 18.4. The molecule has 2 aliphatic heterocycles. The molecule has 0 fully saturated rings. The lowest BCUT2D eigenvalue weighted by molar-refractivity contribution is -0.144. The van der Waals surface area contributed by atoms with E-state index in [1.165, 1.54) is 21.3 Å². The van der Waals surface area contributed by atoms with E-state index < -0.39 is 17.5 Å². The molecule has 7 nitrogen and oxygen atoms in total. The van der Waals surface area contributed by atoms with E-state index in [9.17, 15) is 9.59 Å². The summed E-state index contributed by atoms with van der Waals surface area (Å²) in [6.45, 7) is 3.50. The fourth-order valence-electron chi connectivity index (χ4n) is 3.44. The number of hydrogen-bond donors (Lipinski definition) is 1. The Morgan fingerprint density at radius 1 is 1.08 bits per heavy atom. The first-order valence-electron chi connectivity index (χ1n) is 7.90. The molecule has 0 aliphatic carbocycles. The van der Waals surface area contributed by atoms with Crippen LogP contribution >= 0.6 is 0 Å². The van der Waals surface area contributed by atoms with Gasteiger partial charge in [-0.2, -0.15) is 0 Å². The Kier molecular flexibility index (Phi) is 4.10. The summed E-state index contributed by atoms with van der Waals surface area (Å²) in [6, 6.07) is 3.52. The van der Waals surface area contributed by atoms with Crippen LogP contribution in [0.5, 0.6) is 17.2 Å². The Balaban J connectivity index is 2.20. The maximum atomic E-state index is 12.5. The number of amides is 1. The lowest BCUT2D eigenvalue weighted by Crippen LogP contribution is -2.38. The average molecular weight is 347 g/mol. The highest BCUT2D eigenvalue weighted by Gasteiger charge is 2.48. The topological polar surface area (TPSA) is 83.1 Å². The van der Waals surface area contributed by atoms with Gasteiger partial charge in [0.25, 0.3) is 0 Å². The van der Waals surface area contributed by atoms with Gasteiger partial charge in [-0.05, 0) is 19.9 Å². The van der Waals surface area contributed by atoms with Gasteiger partial charge in [-0.15, -0.1) is 0 Å². The smallest absolute Gasteiger partial charge is 0.337 e. The summed E-state index contributed by atoms with van der Waals surface area (Å²) in [5, 5.41) is 2.79. The fraction of sp³-hybridized carbons (Fsp3) is 0.444. The third-order valence-corrected chi connectivity index (χ3v) is 4.55. The molecule has 0 radical (unpaired) electrons. The summed E-state index contributed by atoms with van der Waals surface area (Å²) in [5.41, 5.74) is 0.771. The Morgan fingerprint density at radius 2 is 1.76 bits per heavy atom. The number of methoxy groups -OCH3 is 3. The van der Waals surface area contributed by atoms with Gasteiger partial charge in [-0.1, -0.05) is 6.07 Å². The number of benzene rings is 1. The van der Waals surface area contributed by atoms with Gasteiger partial charge in [0.2, 0.25) is 11.7 Å². The molecule has 0 bridgehead atoms. The summed E-state index contributed by atoms with van der Waals surface area (Å²) < 4.78 is 21.7. The Morgan fingerprint density at radius 3 is 2.36 bits per heavy atom. The van der Waals surface area contributed by atoms with Crippen LogP contribution in [0.25, 0.3) is 0 Å². The van der Waals surface area contributed by atoms with Crippen molar-refractivity contribution in [3.63, 3.8) is 0 Å². The SMILES string of the molecule is COc1ccc(C2CC(=O)NC3=C2C(=O)OC3(C)C)c(OC)c1OC. The molecule has 1 aromatic rings. The molecule has 25 heavy (non-hydrogen) atoms. The number of cyclic esters (lactones) is 1. The molecule has 3 rings (SSSR count). The molecule has 1 N–H and O–H groups in total. The first-order chi connectivity index (χ1) is 11.8. The number of nitrogens with one attached hydrogen (secondary N) is 1. The average Bonchev–Trinajstić information content (AvgIpc) is 2.81. The highest BCUT2D eigenvalue weighted by Crippen LogP contribution is 2.49. The van der Waals surface area contributed by atoms with Gasteiger partial charge in [-0.3, -0.25) is 4.79 Å². The molecule has 0 saturated carbocycles. The van der Waals surface area contributed by atoms with Crippen LogP contribution in [0.2, 0.25) is 0 Å². The lowest BCUT2D eigenvalue weighted by atomic mass is 9.82. The minimum atomic E-state index is -0.870. The molecule has 7 heteroatoms. The van der Waals surface area contributed by atoms with Crippen molar-refractivity contribution in [2.24, 2.45) is 0 Å². The third-order valence-electron chi connectivity index (χ3n) is 4.55. The minimum absolute atomic E-state index is 0.121. The first kappa shape index (κ1) is 17.1. The lowest BCUT2D eigenvalue weighted by Gasteiger charge is -2.28. The highest BCUT2D eigenvalue weighted by molar-refractivity contribution is 5.99. The Labute approximate surface area is 145 Å². The molecule has 2 aliphatic rings. The van der Waals surface area contributed by atoms with E-state index in [2.05, 4.69) is 5.32 Å². The number of hydrogen-bond acceptors (Lipinski definition) is 6. The molecule has 1 aromatic carbocycles. The second kappa shape index (κ2) is 5.98. The number of carbonyl (C=O) groups is 2. The van der Waals surface area contributed by atoms with Crippen molar-refractivity contribution in [2.75, 3.05) is 21.3 Å². The zero-order valence-electron chi connectivity index (χ0n) is 14.9. The summed E-state index contributed by atoms with van der Waals surface area (Å²) in [7, 11) is 4.55. The molecular weight excluding hydrogens is 326 g/mol. The summed E-state index contributed by atoms with van der Waals surface area (Å²) >= 11 is 0. The third kappa shape index (κ3) is 2.59. The van der Waals surface area contributed by atoms with Gasteiger partial charge < -0.3 is 24.3 Å². The van der Waals surface area contributed by atoms with Crippen LogP contribution in [0, 0.1) is 0 Å². The van der Waals surface area contributed by atoms with Gasteiger partial charge in [0.15, 0.2) is 11.5 Å². The van der Waals surface area contributed by atoms with E-state index in [1.54, 1.807) is 26.0 Å². The number of esters is 1. The van der Waals surface area contributed by atoms with Gasteiger partial charge in [0.1, 0.15) is 5.60 Å². The van der Waals surface area contributed by atoms with Crippen LogP contribution < -0.4 is 19.5 Å². The summed E-state index contributed by atoms with van der Waals surface area (Å²) in [4.78, 5) is 24.7. The van der Waals surface area contributed by atoms with Crippen molar-refractivity contribution in [2.45, 2.75) is 31.8 Å². The second-order valence-electron chi connectivity index (χ2n) is 6.42. The van der Waals surface area contributed by atoms with Gasteiger partial charge in [0.05, 0.1) is 32.6 Å². The first-order valence-corrected chi connectivity index (χ1v) is 7.90. The van der Waals surface area contributed by atoms with Crippen LogP contribution in [0.1, 0.15) is 31.7 Å². The molecular formula is C18H21NO6. The predicted octanol–water partition coefficient (Wildman–Crippen LogP) is 1.91. The van der Waals surface area contributed by atoms with Crippen molar-refractivity contribution in [1.82, 2.24) is 5.32 Å². The van der Waals surface area contributed by atoms with Crippen molar-refractivity contribution in [3.8, 4) is 17.2 Å². The van der Waals surface area contributed by atoms with Crippen LogP contribution in [0.15, 0.2) is 23.4 Å². The molecule has 134 valence electrons. The molecule has 1 amide bonds. The Hall–Kier alpha value is -2.70. The van der Waals surface area contributed by atoms with Crippen molar-refractivity contribution in [1.29, 1.82) is 0 Å². The van der Waals surface area contributed by atoms with Crippen molar-refractivity contribution in [3.05, 3.63) is 29.0 Å². The van der Waals surface area contributed by atoms with Crippen molar-refractivity contribution < 1.29 is 28.5 Å². The zero-order valence-corrected chi connectivity index (χ0v) is 14.9. The standard InChI is InChI=1S/C18H21NO6/c1-18(2)16-13(17(21)25-18)10(8-12(20)19-16)9-6-7-11(22-3)15(24-5)14(9)23-4/h6-7,10H,8H2,1-5H3,(H,19,20). The van der Waals surface area contributed by atoms with Gasteiger partial charge >= 0.3 is 5.97 Å². The summed E-state index contributed by atoms with van der Waals surface area (Å²) in [5.74, 6) is 0.278. The number of ether oxygens (including phenoxy) is 4. The van der Waals surface area contributed by atoms with E-state index in [0.717, 1.165) is 0 Å². The Bertz CT molecular complexity index is 780. The van der Waals surface area contributed by atoms with E-state index >= 15 is 0 Å². The monoisotopic (exact) mass is 347 g/mol. The predicted molar refractivity (Wildman–Crippen MR) is 88.8 cm³/mol. The van der Waals surface area contributed by atoms with Crippen LogP contribution in [0.3, 0.4) is 0 Å². The molecule has 0 aromatic heterocycles. The minimum Gasteiger partial charge on any atom is -0.493 e. The highest BCUT2D eigenvalue weighted by atomic mass is 16.6. The van der Waals surface area contributed by atoms with Crippen LogP contribution in [-0.4, -0.2) is 38.8 Å². The van der Waals surface area contributed by atoms with Crippen LogP contribution in [-0.2, 0) is 14.3 Å². The van der Waals surface area contributed by atoms with Gasteiger partial charge in [-0.25, -0.2) is 4.79 Å². The van der Waals surface area contributed by atoms with E-state index in [0.29, 0.717) is 34.1 Å². The van der Waals surface area contributed by atoms with E-state index in [-0.39, 0.29) is 12.3 Å². The fourth-order valence-corrected chi connectivity index (χ4v) is 3.44. The quantitative estimate of drug-likeness (QED) is 0.838. The summed E-state index contributed by atoms with van der Waals surface area (Å²) in [6.07, 6.45) is 0.121. The van der Waals surface area contributed by atoms with E-state index in [4.69, 9.17) is 18.9 Å².